The Kier molecular flexibility index (Phi) is 7.25. The molecule has 0 spiro atoms. The van der Waals surface area contributed by atoms with Crippen molar-refractivity contribution in [3.63, 3.8) is 0 Å². The average molecular weight is 392 g/mol. The molecule has 0 aliphatic heterocycles. The fraction of sp³-hybridized carbons (Fsp3) is 0.200. The first-order valence-corrected chi connectivity index (χ1v) is 8.71. The van der Waals surface area contributed by atoms with Crippen molar-refractivity contribution in [1.82, 2.24) is 4.90 Å². The summed E-state index contributed by atoms with van der Waals surface area (Å²) < 4.78 is 4.99. The van der Waals surface area contributed by atoms with Crippen LogP contribution >= 0.6 is 23.2 Å². The summed E-state index contributed by atoms with van der Waals surface area (Å²) in [5, 5.41) is 0.938. The van der Waals surface area contributed by atoms with Crippen molar-refractivity contribution >= 4 is 41.2 Å². The number of benzene rings is 2. The minimum absolute atomic E-state index is 0.278. The number of halogens is 2. The van der Waals surface area contributed by atoms with Crippen molar-refractivity contribution in [2.75, 3.05) is 13.7 Å². The summed E-state index contributed by atoms with van der Waals surface area (Å²) in [6.45, 7) is 2.12. The SMILES string of the molecule is Cc1ccccc1CN(C)C(=O)COC(=O)/C=C/c1ccc(Cl)cc1Cl. The lowest BCUT2D eigenvalue weighted by atomic mass is 10.1. The zero-order chi connectivity index (χ0) is 19.1. The van der Waals surface area contributed by atoms with Crippen molar-refractivity contribution in [2.45, 2.75) is 13.5 Å². The number of likely N-dealkylation sites (N-methyl/N-ethyl adjacent to an activating group) is 1. The standard InChI is InChI=1S/C20H19Cl2NO3/c1-14-5-3-4-6-16(14)12-23(2)19(24)13-26-20(25)10-8-15-7-9-17(21)11-18(15)22/h3-11H,12-13H2,1-2H3/b10-8+. The van der Waals surface area contributed by atoms with Crippen molar-refractivity contribution in [1.29, 1.82) is 0 Å². The summed E-state index contributed by atoms with van der Waals surface area (Å²) in [4.78, 5) is 25.4. The topological polar surface area (TPSA) is 46.6 Å². The molecule has 0 heterocycles. The predicted octanol–water partition coefficient (Wildman–Crippen LogP) is 4.52. The van der Waals surface area contributed by atoms with E-state index in [9.17, 15) is 9.59 Å². The van der Waals surface area contributed by atoms with E-state index in [-0.39, 0.29) is 12.5 Å². The number of ether oxygens (including phenoxy) is 1. The molecule has 0 saturated carbocycles. The van der Waals surface area contributed by atoms with Gasteiger partial charge in [-0.1, -0.05) is 53.5 Å². The van der Waals surface area contributed by atoms with Gasteiger partial charge in [0.2, 0.25) is 0 Å². The van der Waals surface area contributed by atoms with Gasteiger partial charge in [-0.15, -0.1) is 0 Å². The van der Waals surface area contributed by atoms with E-state index in [0.29, 0.717) is 22.2 Å². The van der Waals surface area contributed by atoms with Crippen LogP contribution in [0.2, 0.25) is 10.0 Å². The fourth-order valence-corrected chi connectivity index (χ4v) is 2.69. The van der Waals surface area contributed by atoms with Crippen molar-refractivity contribution in [3.05, 3.63) is 75.3 Å². The molecule has 0 saturated heterocycles. The summed E-state index contributed by atoms with van der Waals surface area (Å²) in [5.41, 5.74) is 2.79. The van der Waals surface area contributed by atoms with Gasteiger partial charge in [-0.2, -0.15) is 0 Å². The molecule has 0 bridgehead atoms. The number of amides is 1. The lowest BCUT2D eigenvalue weighted by molar-refractivity contribution is -0.147. The zero-order valence-corrected chi connectivity index (χ0v) is 16.1. The first-order chi connectivity index (χ1) is 12.4. The maximum absolute atomic E-state index is 12.1. The van der Waals surface area contributed by atoms with Crippen LogP contribution in [-0.4, -0.2) is 30.4 Å². The largest absolute Gasteiger partial charge is 0.452 e. The van der Waals surface area contributed by atoms with E-state index in [4.69, 9.17) is 27.9 Å². The number of hydrogen-bond donors (Lipinski definition) is 0. The molecule has 6 heteroatoms. The summed E-state index contributed by atoms with van der Waals surface area (Å²) in [5.74, 6) is -0.895. The van der Waals surface area contributed by atoms with Gasteiger partial charge in [0, 0.05) is 29.7 Å². The molecule has 136 valence electrons. The summed E-state index contributed by atoms with van der Waals surface area (Å²) >= 11 is 11.8. The summed E-state index contributed by atoms with van der Waals surface area (Å²) in [6.07, 6.45) is 2.74. The van der Waals surface area contributed by atoms with Crippen molar-refractivity contribution in [2.24, 2.45) is 0 Å². The van der Waals surface area contributed by atoms with Crippen LogP contribution in [0.1, 0.15) is 16.7 Å². The molecule has 4 nitrogen and oxygen atoms in total. The zero-order valence-electron chi connectivity index (χ0n) is 14.5. The molecular weight excluding hydrogens is 373 g/mol. The maximum Gasteiger partial charge on any atom is 0.331 e. The highest BCUT2D eigenvalue weighted by Crippen LogP contribution is 2.22. The van der Waals surface area contributed by atoms with Crippen LogP contribution < -0.4 is 0 Å². The second-order valence-electron chi connectivity index (χ2n) is 5.78. The Hall–Kier alpha value is -2.30. The van der Waals surface area contributed by atoms with E-state index >= 15 is 0 Å². The third-order valence-electron chi connectivity index (χ3n) is 3.79. The molecule has 2 aromatic carbocycles. The quantitative estimate of drug-likeness (QED) is 0.537. The lowest BCUT2D eigenvalue weighted by Gasteiger charge is -2.18. The van der Waals surface area contributed by atoms with E-state index in [2.05, 4.69) is 0 Å². The summed E-state index contributed by atoms with van der Waals surface area (Å²) in [7, 11) is 1.67. The Morgan fingerprint density at radius 1 is 1.15 bits per heavy atom. The number of nitrogens with zero attached hydrogens (tertiary/aromatic N) is 1. The molecule has 0 radical (unpaired) electrons. The van der Waals surface area contributed by atoms with Gasteiger partial charge in [0.05, 0.1) is 0 Å². The Labute approximate surface area is 163 Å². The molecular formula is C20H19Cl2NO3. The Morgan fingerprint density at radius 3 is 2.58 bits per heavy atom. The Balaban J connectivity index is 1.85. The molecule has 0 N–H and O–H groups in total. The monoisotopic (exact) mass is 391 g/mol. The number of esters is 1. The number of hydrogen-bond acceptors (Lipinski definition) is 3. The Bertz CT molecular complexity index is 834. The first kappa shape index (κ1) is 20.0. The van der Waals surface area contributed by atoms with Crippen molar-refractivity contribution in [3.8, 4) is 0 Å². The first-order valence-electron chi connectivity index (χ1n) is 7.95. The second-order valence-corrected chi connectivity index (χ2v) is 6.63. The third kappa shape index (κ3) is 5.90. The predicted molar refractivity (Wildman–Crippen MR) is 104 cm³/mol. The van der Waals surface area contributed by atoms with Gasteiger partial charge in [-0.25, -0.2) is 4.79 Å². The van der Waals surface area contributed by atoms with Gasteiger partial charge in [0.25, 0.3) is 5.91 Å². The van der Waals surface area contributed by atoms with Gasteiger partial charge in [-0.3, -0.25) is 4.79 Å². The number of carbonyl (C=O) groups excluding carboxylic acids is 2. The molecule has 0 unspecified atom stereocenters. The van der Waals surface area contributed by atoms with Gasteiger partial charge in [0.15, 0.2) is 6.61 Å². The molecule has 0 atom stereocenters. The van der Waals surface area contributed by atoms with Crippen LogP contribution in [0.3, 0.4) is 0 Å². The highest BCUT2D eigenvalue weighted by atomic mass is 35.5. The van der Waals surface area contributed by atoms with E-state index in [1.165, 1.54) is 17.1 Å². The second kappa shape index (κ2) is 9.41. The molecule has 0 aliphatic rings. The number of rotatable bonds is 6. The van der Waals surface area contributed by atoms with Crippen LogP contribution in [0.4, 0.5) is 0 Å². The lowest BCUT2D eigenvalue weighted by Crippen LogP contribution is -2.30. The van der Waals surface area contributed by atoms with Gasteiger partial charge >= 0.3 is 5.97 Å². The molecule has 0 aliphatic carbocycles. The minimum atomic E-state index is -0.617. The number of carbonyl (C=O) groups is 2. The van der Waals surface area contributed by atoms with E-state index < -0.39 is 5.97 Å². The Morgan fingerprint density at radius 2 is 1.88 bits per heavy atom. The van der Waals surface area contributed by atoms with Crippen LogP contribution in [0, 0.1) is 6.92 Å². The minimum Gasteiger partial charge on any atom is -0.452 e. The van der Waals surface area contributed by atoms with E-state index in [1.54, 1.807) is 25.2 Å². The molecule has 26 heavy (non-hydrogen) atoms. The summed E-state index contributed by atoms with van der Waals surface area (Å²) in [6, 6.07) is 12.8. The van der Waals surface area contributed by atoms with E-state index in [1.807, 2.05) is 31.2 Å². The molecule has 2 aromatic rings. The van der Waals surface area contributed by atoms with Crippen LogP contribution in [0.15, 0.2) is 48.5 Å². The van der Waals surface area contributed by atoms with E-state index in [0.717, 1.165) is 11.1 Å². The third-order valence-corrected chi connectivity index (χ3v) is 4.36. The van der Waals surface area contributed by atoms with Crippen LogP contribution in [0.25, 0.3) is 6.08 Å². The van der Waals surface area contributed by atoms with Gasteiger partial charge < -0.3 is 9.64 Å². The number of aryl methyl sites for hydroxylation is 1. The fourth-order valence-electron chi connectivity index (χ4n) is 2.22. The van der Waals surface area contributed by atoms with Gasteiger partial charge in [-0.05, 0) is 41.8 Å². The highest BCUT2D eigenvalue weighted by Gasteiger charge is 2.12. The molecule has 1 amide bonds. The maximum atomic E-state index is 12.1. The molecule has 2 rings (SSSR count). The molecule has 0 fully saturated rings. The highest BCUT2D eigenvalue weighted by molar-refractivity contribution is 6.35. The van der Waals surface area contributed by atoms with Crippen molar-refractivity contribution < 1.29 is 14.3 Å². The molecule has 0 aromatic heterocycles. The van der Waals surface area contributed by atoms with Crippen LogP contribution in [-0.2, 0) is 20.9 Å². The smallest absolute Gasteiger partial charge is 0.331 e. The van der Waals surface area contributed by atoms with Gasteiger partial charge in [0.1, 0.15) is 0 Å². The average Bonchev–Trinajstić information content (AvgIpc) is 2.60. The normalized spacial score (nSPS) is 10.8. The van der Waals surface area contributed by atoms with Crippen LogP contribution in [0.5, 0.6) is 0 Å².